The number of hydrogen-bond acceptors (Lipinski definition) is 1. The Hall–Kier alpha value is -1.89. The van der Waals surface area contributed by atoms with E-state index in [2.05, 4.69) is 25.1 Å². The minimum Gasteiger partial charge on any atom is -0.298 e. The van der Waals surface area contributed by atoms with Crippen LogP contribution < -0.4 is 0 Å². The van der Waals surface area contributed by atoms with E-state index in [1.54, 1.807) is 0 Å². The number of fused-ring (bicyclic) bond motifs is 1. The Labute approximate surface area is 134 Å². The molecule has 0 radical (unpaired) electrons. The van der Waals surface area contributed by atoms with Crippen LogP contribution in [0.3, 0.4) is 0 Å². The summed E-state index contributed by atoms with van der Waals surface area (Å²) in [5.74, 6) is 0. The van der Waals surface area contributed by atoms with Gasteiger partial charge in [-0.05, 0) is 29.2 Å². The molecule has 116 valence electrons. The van der Waals surface area contributed by atoms with E-state index in [1.165, 1.54) is 44.1 Å². The van der Waals surface area contributed by atoms with E-state index in [4.69, 9.17) is 0 Å². The van der Waals surface area contributed by atoms with Gasteiger partial charge in [0.15, 0.2) is 6.29 Å². The van der Waals surface area contributed by atoms with Crippen molar-refractivity contribution in [2.75, 3.05) is 0 Å². The molecule has 0 amide bonds. The van der Waals surface area contributed by atoms with Crippen molar-refractivity contribution in [3.05, 3.63) is 53.6 Å². The van der Waals surface area contributed by atoms with Crippen LogP contribution in [-0.4, -0.2) is 6.29 Å². The molecule has 0 saturated heterocycles. The lowest BCUT2D eigenvalue weighted by Gasteiger charge is -2.05. The molecule has 2 aromatic carbocycles. The summed E-state index contributed by atoms with van der Waals surface area (Å²) in [5, 5.41) is 2.20. The summed E-state index contributed by atoms with van der Waals surface area (Å²) in [5.41, 5.74) is 1.97. The highest BCUT2D eigenvalue weighted by molar-refractivity contribution is 6.01. The van der Waals surface area contributed by atoms with Crippen LogP contribution in [0.4, 0.5) is 0 Å². The highest BCUT2D eigenvalue weighted by Crippen LogP contribution is 2.23. The fourth-order valence-corrected chi connectivity index (χ4v) is 2.85. The standard InChI is InChI=1S/C21H26O/c1-2-3-4-5-6-7-8-9-12-18-15-16-19(17-22)21-14-11-10-13-20(18)21/h9-17H,2-8H2,1H3. The molecule has 22 heavy (non-hydrogen) atoms. The Morgan fingerprint density at radius 3 is 2.18 bits per heavy atom. The molecular weight excluding hydrogens is 268 g/mol. The molecule has 0 saturated carbocycles. The quantitative estimate of drug-likeness (QED) is 0.385. The first-order valence-electron chi connectivity index (χ1n) is 8.50. The second-order valence-corrected chi connectivity index (χ2v) is 5.87. The third-order valence-corrected chi connectivity index (χ3v) is 4.14. The van der Waals surface area contributed by atoms with Crippen LogP contribution in [0.2, 0.25) is 0 Å². The lowest BCUT2D eigenvalue weighted by Crippen LogP contribution is -1.86. The minimum absolute atomic E-state index is 0.767. The molecule has 0 atom stereocenters. The molecule has 0 spiro atoms. The fourth-order valence-electron chi connectivity index (χ4n) is 2.85. The SMILES string of the molecule is CCCCCCCCC=Cc1ccc(C=O)c2ccccc12. The van der Waals surface area contributed by atoms with Crippen molar-refractivity contribution in [2.24, 2.45) is 0 Å². The van der Waals surface area contributed by atoms with Gasteiger partial charge in [-0.1, -0.05) is 87.6 Å². The predicted molar refractivity (Wildman–Crippen MR) is 96.4 cm³/mol. The average Bonchev–Trinajstić information content (AvgIpc) is 2.57. The van der Waals surface area contributed by atoms with E-state index in [1.807, 2.05) is 30.3 Å². The Kier molecular flexibility index (Phi) is 6.89. The van der Waals surface area contributed by atoms with Crippen LogP contribution in [0, 0.1) is 0 Å². The van der Waals surface area contributed by atoms with Crippen LogP contribution in [0.5, 0.6) is 0 Å². The summed E-state index contributed by atoms with van der Waals surface area (Å²) < 4.78 is 0. The number of aldehydes is 1. The summed E-state index contributed by atoms with van der Waals surface area (Å²) in [7, 11) is 0. The first-order chi connectivity index (χ1) is 10.9. The molecule has 0 unspecified atom stereocenters. The van der Waals surface area contributed by atoms with Crippen LogP contribution >= 0.6 is 0 Å². The number of hydrogen-bond donors (Lipinski definition) is 0. The van der Waals surface area contributed by atoms with Gasteiger partial charge >= 0.3 is 0 Å². The molecule has 1 heteroatoms. The normalized spacial score (nSPS) is 11.3. The van der Waals surface area contributed by atoms with E-state index in [0.717, 1.165) is 29.0 Å². The Morgan fingerprint density at radius 1 is 0.818 bits per heavy atom. The van der Waals surface area contributed by atoms with Gasteiger partial charge in [0.1, 0.15) is 0 Å². The summed E-state index contributed by atoms with van der Waals surface area (Å²) in [6.07, 6.45) is 14.5. The highest BCUT2D eigenvalue weighted by Gasteiger charge is 2.02. The van der Waals surface area contributed by atoms with Crippen LogP contribution in [0.15, 0.2) is 42.5 Å². The van der Waals surface area contributed by atoms with Gasteiger partial charge in [0.25, 0.3) is 0 Å². The van der Waals surface area contributed by atoms with Gasteiger partial charge in [-0.3, -0.25) is 4.79 Å². The van der Waals surface area contributed by atoms with Gasteiger partial charge in [-0.15, -0.1) is 0 Å². The van der Waals surface area contributed by atoms with Gasteiger partial charge in [-0.25, -0.2) is 0 Å². The summed E-state index contributed by atoms with van der Waals surface area (Å²) in [6.45, 7) is 2.25. The molecule has 0 aromatic heterocycles. The maximum atomic E-state index is 11.1. The number of carbonyl (C=O) groups excluding carboxylic acids is 1. The van der Waals surface area contributed by atoms with E-state index in [0.29, 0.717) is 0 Å². The lowest BCUT2D eigenvalue weighted by atomic mass is 9.99. The molecular formula is C21H26O. The lowest BCUT2D eigenvalue weighted by molar-refractivity contribution is 0.112. The molecule has 2 rings (SSSR count). The molecule has 1 nitrogen and oxygen atoms in total. The second-order valence-electron chi connectivity index (χ2n) is 5.87. The number of unbranched alkanes of at least 4 members (excludes halogenated alkanes) is 6. The van der Waals surface area contributed by atoms with Crippen molar-refractivity contribution in [1.29, 1.82) is 0 Å². The third kappa shape index (κ3) is 4.56. The molecule has 0 aliphatic carbocycles. The molecule has 0 bridgehead atoms. The second kappa shape index (κ2) is 9.19. The molecule has 0 N–H and O–H groups in total. The molecule has 0 aliphatic rings. The van der Waals surface area contributed by atoms with E-state index in [-0.39, 0.29) is 0 Å². The minimum atomic E-state index is 0.767. The predicted octanol–water partition coefficient (Wildman–Crippen LogP) is 6.42. The van der Waals surface area contributed by atoms with E-state index in [9.17, 15) is 4.79 Å². The molecule has 2 aromatic rings. The van der Waals surface area contributed by atoms with Gasteiger partial charge in [0.05, 0.1) is 0 Å². The van der Waals surface area contributed by atoms with Crippen molar-refractivity contribution in [2.45, 2.75) is 51.9 Å². The monoisotopic (exact) mass is 294 g/mol. The number of rotatable bonds is 9. The van der Waals surface area contributed by atoms with Crippen molar-refractivity contribution < 1.29 is 4.79 Å². The third-order valence-electron chi connectivity index (χ3n) is 4.14. The van der Waals surface area contributed by atoms with Crippen LogP contribution in [0.1, 0.15) is 67.8 Å². The smallest absolute Gasteiger partial charge is 0.150 e. The van der Waals surface area contributed by atoms with Gasteiger partial charge in [0, 0.05) is 5.56 Å². The average molecular weight is 294 g/mol. The van der Waals surface area contributed by atoms with Gasteiger partial charge in [0.2, 0.25) is 0 Å². The zero-order chi connectivity index (χ0) is 15.6. The largest absolute Gasteiger partial charge is 0.298 e. The van der Waals surface area contributed by atoms with E-state index < -0.39 is 0 Å². The van der Waals surface area contributed by atoms with Crippen molar-refractivity contribution in [1.82, 2.24) is 0 Å². The highest BCUT2D eigenvalue weighted by atomic mass is 16.1. The van der Waals surface area contributed by atoms with Crippen LogP contribution in [0.25, 0.3) is 16.8 Å². The van der Waals surface area contributed by atoms with Gasteiger partial charge in [-0.2, -0.15) is 0 Å². The zero-order valence-corrected chi connectivity index (χ0v) is 13.6. The number of benzene rings is 2. The van der Waals surface area contributed by atoms with E-state index >= 15 is 0 Å². The topological polar surface area (TPSA) is 17.1 Å². The Bertz CT molecular complexity index is 625. The number of carbonyl (C=O) groups is 1. The first kappa shape index (κ1) is 16.5. The summed E-state index contributed by atoms with van der Waals surface area (Å²) >= 11 is 0. The molecule has 0 heterocycles. The molecule has 0 fully saturated rings. The van der Waals surface area contributed by atoms with Crippen molar-refractivity contribution in [3.8, 4) is 0 Å². The maximum Gasteiger partial charge on any atom is 0.150 e. The summed E-state index contributed by atoms with van der Waals surface area (Å²) in [6, 6.07) is 12.1. The fraction of sp³-hybridized carbons (Fsp3) is 0.381. The summed E-state index contributed by atoms with van der Waals surface area (Å²) in [4.78, 5) is 11.1. The van der Waals surface area contributed by atoms with Crippen molar-refractivity contribution in [3.63, 3.8) is 0 Å². The van der Waals surface area contributed by atoms with Gasteiger partial charge < -0.3 is 0 Å². The zero-order valence-electron chi connectivity index (χ0n) is 13.6. The Morgan fingerprint density at radius 2 is 1.45 bits per heavy atom. The van der Waals surface area contributed by atoms with Crippen molar-refractivity contribution >= 4 is 23.1 Å². The first-order valence-corrected chi connectivity index (χ1v) is 8.50. The number of allylic oxidation sites excluding steroid dienone is 1. The van der Waals surface area contributed by atoms with Crippen LogP contribution in [-0.2, 0) is 0 Å². The molecule has 0 aliphatic heterocycles. The Balaban J connectivity index is 1.94. The maximum absolute atomic E-state index is 11.1.